The maximum absolute atomic E-state index is 12.7. The van der Waals surface area contributed by atoms with E-state index in [-0.39, 0.29) is 22.8 Å². The molecule has 138 valence electrons. The van der Waals surface area contributed by atoms with Crippen LogP contribution < -0.4 is 16.6 Å². The van der Waals surface area contributed by atoms with Crippen LogP contribution >= 0.6 is 34.8 Å². The Bertz CT molecular complexity index is 1140. The molecule has 9 heteroatoms. The molecule has 0 spiro atoms. The molecular formula is C18H12Cl3N3O3. The summed E-state index contributed by atoms with van der Waals surface area (Å²) in [7, 11) is 0. The number of carbonyl (C=O) groups is 1. The van der Waals surface area contributed by atoms with Crippen molar-refractivity contribution in [2.45, 2.75) is 6.54 Å². The predicted molar refractivity (Wildman–Crippen MR) is 106 cm³/mol. The van der Waals surface area contributed by atoms with Crippen LogP contribution in [0.4, 0.5) is 5.69 Å². The van der Waals surface area contributed by atoms with E-state index in [1.54, 1.807) is 30.3 Å². The number of nitrogens with one attached hydrogen (secondary N) is 2. The highest BCUT2D eigenvalue weighted by Crippen LogP contribution is 2.25. The first-order chi connectivity index (χ1) is 12.9. The number of benzene rings is 2. The number of nitrogens with zero attached hydrogens (tertiary/aromatic N) is 1. The Morgan fingerprint density at radius 2 is 1.78 bits per heavy atom. The second-order valence-electron chi connectivity index (χ2n) is 5.57. The molecule has 0 unspecified atom stereocenters. The van der Waals surface area contributed by atoms with Crippen LogP contribution in [0.25, 0.3) is 0 Å². The number of aromatic nitrogens is 2. The predicted octanol–water partition coefficient (Wildman–Crippen LogP) is 3.80. The number of halogens is 3. The van der Waals surface area contributed by atoms with Gasteiger partial charge in [0.25, 0.3) is 11.5 Å². The molecule has 1 amide bonds. The molecule has 6 nitrogen and oxygen atoms in total. The number of H-pyrrole nitrogens is 1. The molecule has 1 aromatic heterocycles. The van der Waals surface area contributed by atoms with Crippen molar-refractivity contribution >= 4 is 46.4 Å². The number of hydrogen-bond donors (Lipinski definition) is 2. The summed E-state index contributed by atoms with van der Waals surface area (Å²) in [6.07, 6.45) is 1.06. The van der Waals surface area contributed by atoms with E-state index < -0.39 is 17.2 Å². The third-order valence-corrected chi connectivity index (χ3v) is 4.70. The Balaban J connectivity index is 1.96. The van der Waals surface area contributed by atoms with Crippen LogP contribution in [0.15, 0.2) is 58.3 Å². The van der Waals surface area contributed by atoms with Crippen molar-refractivity contribution in [3.63, 3.8) is 0 Å². The molecule has 0 atom stereocenters. The molecule has 0 saturated carbocycles. The maximum Gasteiger partial charge on any atom is 0.328 e. The first kappa shape index (κ1) is 19.2. The summed E-state index contributed by atoms with van der Waals surface area (Å²) in [6, 6.07) is 11.3. The van der Waals surface area contributed by atoms with Gasteiger partial charge in [0.05, 0.1) is 17.3 Å². The number of aromatic amines is 1. The number of carbonyl (C=O) groups excluding carboxylic acids is 1. The van der Waals surface area contributed by atoms with Crippen molar-refractivity contribution in [2.24, 2.45) is 0 Å². The van der Waals surface area contributed by atoms with Gasteiger partial charge in [-0.1, -0.05) is 53.0 Å². The topological polar surface area (TPSA) is 84.0 Å². The average molecular weight is 425 g/mol. The Morgan fingerprint density at radius 1 is 1.04 bits per heavy atom. The molecule has 3 aromatic rings. The van der Waals surface area contributed by atoms with Gasteiger partial charge in [-0.05, 0) is 29.8 Å². The van der Waals surface area contributed by atoms with Crippen LogP contribution in [0.2, 0.25) is 15.1 Å². The largest absolute Gasteiger partial charge is 0.328 e. The standard InChI is InChI=1S/C18H12Cl3N3O3/c19-11-5-6-14(21)15(7-11)23-16(25)12-8-22-18(27)24(17(12)26)9-10-3-1-2-4-13(10)20/h1-8H,9H2,(H,22,27)(H,23,25). The van der Waals surface area contributed by atoms with E-state index in [1.807, 2.05) is 0 Å². The number of amides is 1. The first-order valence-corrected chi connectivity index (χ1v) is 8.82. The second-order valence-corrected chi connectivity index (χ2v) is 6.82. The average Bonchev–Trinajstić information content (AvgIpc) is 2.63. The Labute approximate surface area is 168 Å². The summed E-state index contributed by atoms with van der Waals surface area (Å²) in [5.74, 6) is -0.728. The van der Waals surface area contributed by atoms with E-state index in [2.05, 4.69) is 10.3 Å². The summed E-state index contributed by atoms with van der Waals surface area (Å²) >= 11 is 18.0. The van der Waals surface area contributed by atoms with Crippen molar-refractivity contribution in [1.82, 2.24) is 9.55 Å². The first-order valence-electron chi connectivity index (χ1n) is 7.69. The van der Waals surface area contributed by atoms with Crippen molar-refractivity contribution in [3.8, 4) is 0 Å². The molecule has 0 saturated heterocycles. The summed E-state index contributed by atoms with van der Waals surface area (Å²) in [4.78, 5) is 39.6. The lowest BCUT2D eigenvalue weighted by molar-refractivity contribution is 0.102. The monoisotopic (exact) mass is 423 g/mol. The number of rotatable bonds is 4. The minimum atomic E-state index is -0.755. The quantitative estimate of drug-likeness (QED) is 0.668. The lowest BCUT2D eigenvalue weighted by Crippen LogP contribution is -2.39. The van der Waals surface area contributed by atoms with E-state index in [9.17, 15) is 14.4 Å². The van der Waals surface area contributed by atoms with Crippen LogP contribution in [0.3, 0.4) is 0 Å². The summed E-state index contributed by atoms with van der Waals surface area (Å²) in [6.45, 7) is -0.0765. The zero-order valence-corrected chi connectivity index (χ0v) is 15.9. The van der Waals surface area contributed by atoms with Crippen LogP contribution in [0.1, 0.15) is 15.9 Å². The fourth-order valence-electron chi connectivity index (χ4n) is 2.40. The summed E-state index contributed by atoms with van der Waals surface area (Å²) in [5.41, 5.74) is -0.844. The zero-order valence-electron chi connectivity index (χ0n) is 13.6. The SMILES string of the molecule is O=C(Nc1cc(Cl)ccc1Cl)c1c[nH]c(=O)n(Cc2ccccc2Cl)c1=O. The van der Waals surface area contributed by atoms with Gasteiger partial charge >= 0.3 is 5.69 Å². The summed E-state index contributed by atoms with van der Waals surface area (Å²) < 4.78 is 0.899. The van der Waals surface area contributed by atoms with E-state index in [0.717, 1.165) is 10.8 Å². The number of anilines is 1. The van der Waals surface area contributed by atoms with Crippen molar-refractivity contribution in [3.05, 3.63) is 95.7 Å². The minimum Gasteiger partial charge on any atom is -0.320 e. The van der Waals surface area contributed by atoms with Crippen molar-refractivity contribution in [1.29, 1.82) is 0 Å². The van der Waals surface area contributed by atoms with Gasteiger partial charge in [-0.15, -0.1) is 0 Å². The second kappa shape index (κ2) is 8.00. The third kappa shape index (κ3) is 4.24. The van der Waals surface area contributed by atoms with E-state index in [1.165, 1.54) is 12.1 Å². The number of hydrogen-bond acceptors (Lipinski definition) is 3. The lowest BCUT2D eigenvalue weighted by atomic mass is 10.2. The van der Waals surface area contributed by atoms with Gasteiger partial charge in [0, 0.05) is 16.2 Å². The van der Waals surface area contributed by atoms with Crippen LogP contribution in [-0.2, 0) is 6.54 Å². The molecule has 0 fully saturated rings. The van der Waals surface area contributed by atoms with Crippen molar-refractivity contribution in [2.75, 3.05) is 5.32 Å². The molecule has 0 radical (unpaired) electrons. The van der Waals surface area contributed by atoms with Crippen molar-refractivity contribution < 1.29 is 4.79 Å². The minimum absolute atomic E-state index is 0.0765. The maximum atomic E-state index is 12.7. The molecular weight excluding hydrogens is 413 g/mol. The highest BCUT2D eigenvalue weighted by molar-refractivity contribution is 6.35. The van der Waals surface area contributed by atoms with E-state index >= 15 is 0 Å². The fraction of sp³-hybridized carbons (Fsp3) is 0.0556. The van der Waals surface area contributed by atoms with Gasteiger partial charge in [-0.25, -0.2) is 4.79 Å². The molecule has 0 aliphatic heterocycles. The smallest absolute Gasteiger partial charge is 0.320 e. The highest BCUT2D eigenvalue weighted by Gasteiger charge is 2.17. The normalized spacial score (nSPS) is 10.6. The molecule has 0 aliphatic carbocycles. The van der Waals surface area contributed by atoms with Gasteiger partial charge in [-0.2, -0.15) is 0 Å². The van der Waals surface area contributed by atoms with E-state index in [0.29, 0.717) is 15.6 Å². The Morgan fingerprint density at radius 3 is 2.52 bits per heavy atom. The van der Waals surface area contributed by atoms with Gasteiger partial charge in [0.1, 0.15) is 5.56 Å². The molecule has 0 aliphatic rings. The molecule has 3 rings (SSSR count). The van der Waals surface area contributed by atoms with E-state index in [4.69, 9.17) is 34.8 Å². The Kier molecular flexibility index (Phi) is 5.70. The molecule has 2 aromatic carbocycles. The van der Waals surface area contributed by atoms with Crippen LogP contribution in [-0.4, -0.2) is 15.5 Å². The molecule has 2 N–H and O–H groups in total. The van der Waals surface area contributed by atoms with Crippen LogP contribution in [0, 0.1) is 0 Å². The Hall–Kier alpha value is -2.54. The third-order valence-electron chi connectivity index (χ3n) is 3.77. The molecule has 1 heterocycles. The molecule has 0 bridgehead atoms. The van der Waals surface area contributed by atoms with Gasteiger partial charge in [0.2, 0.25) is 0 Å². The van der Waals surface area contributed by atoms with Gasteiger partial charge in [0.15, 0.2) is 0 Å². The fourth-order valence-corrected chi connectivity index (χ4v) is 2.93. The molecule has 27 heavy (non-hydrogen) atoms. The zero-order chi connectivity index (χ0) is 19.6. The van der Waals surface area contributed by atoms with Gasteiger partial charge < -0.3 is 10.3 Å². The lowest BCUT2D eigenvalue weighted by Gasteiger charge is -2.10. The van der Waals surface area contributed by atoms with Gasteiger partial charge in [-0.3, -0.25) is 14.2 Å². The highest BCUT2D eigenvalue weighted by atomic mass is 35.5. The van der Waals surface area contributed by atoms with Crippen LogP contribution in [0.5, 0.6) is 0 Å². The summed E-state index contributed by atoms with van der Waals surface area (Å²) in [5, 5.41) is 3.55.